The third-order valence-electron chi connectivity index (χ3n) is 13.8. The molecule has 0 atom stereocenters. The minimum atomic E-state index is 0.624. The lowest BCUT2D eigenvalue weighted by Crippen LogP contribution is -2.02. The molecule has 14 aromatic rings. The van der Waals surface area contributed by atoms with Gasteiger partial charge in [0.25, 0.3) is 0 Å². The third kappa shape index (κ3) is 5.76. The van der Waals surface area contributed by atoms with Crippen LogP contribution in [0.25, 0.3) is 137 Å². The van der Waals surface area contributed by atoms with E-state index in [0.29, 0.717) is 17.5 Å². The number of aromatic nitrogens is 4. The average Bonchev–Trinajstić information content (AvgIpc) is 3.74. The van der Waals surface area contributed by atoms with Gasteiger partial charge in [0, 0.05) is 38.2 Å². The highest BCUT2D eigenvalue weighted by Gasteiger charge is 2.22. The van der Waals surface area contributed by atoms with Crippen LogP contribution in [0.2, 0.25) is 0 Å². The Kier molecular flexibility index (Phi) is 8.25. The van der Waals surface area contributed by atoms with E-state index in [9.17, 15) is 0 Å². The van der Waals surface area contributed by atoms with E-state index in [1.54, 1.807) is 0 Å². The van der Waals surface area contributed by atoms with Crippen molar-refractivity contribution in [2.75, 3.05) is 0 Å². The Labute approximate surface area is 385 Å². The summed E-state index contributed by atoms with van der Waals surface area (Å²) >= 11 is 0. The quantitative estimate of drug-likeness (QED) is 0.162. The van der Waals surface area contributed by atoms with Crippen LogP contribution < -0.4 is 0 Å². The van der Waals surface area contributed by atoms with Crippen molar-refractivity contribution in [3.63, 3.8) is 0 Å². The summed E-state index contributed by atoms with van der Waals surface area (Å²) in [7, 11) is 0. The van der Waals surface area contributed by atoms with Gasteiger partial charge < -0.3 is 4.57 Å². The maximum Gasteiger partial charge on any atom is 0.164 e. The fraction of sp³-hybridized carbons (Fsp3) is 0. The van der Waals surface area contributed by atoms with Crippen molar-refractivity contribution in [1.29, 1.82) is 0 Å². The SMILES string of the molecule is c1ccc(-c2ccc3c(c2)c2ccccc2n3-c2cccc3c4ccccc4c4cccc(-c5nc(-c6ccccc6)nc(-c6ccc7c8ccccc8c8ccccc8c7c6)n5)c4c23)cc1. The van der Waals surface area contributed by atoms with Crippen molar-refractivity contribution in [1.82, 2.24) is 19.5 Å². The fourth-order valence-electron chi connectivity index (χ4n) is 10.8. The van der Waals surface area contributed by atoms with Crippen molar-refractivity contribution >= 4 is 86.4 Å². The molecule has 0 radical (unpaired) electrons. The van der Waals surface area contributed by atoms with Crippen LogP contribution in [0, 0.1) is 0 Å². The van der Waals surface area contributed by atoms with E-state index in [1.165, 1.54) is 70.4 Å². The number of hydrogen-bond acceptors (Lipinski definition) is 3. The Morgan fingerprint density at radius 3 is 1.36 bits per heavy atom. The van der Waals surface area contributed by atoms with Gasteiger partial charge in [-0.05, 0) is 95.3 Å². The molecule has 0 saturated heterocycles. The molecule has 0 aliphatic heterocycles. The van der Waals surface area contributed by atoms with E-state index in [4.69, 9.17) is 15.0 Å². The van der Waals surface area contributed by atoms with E-state index in [-0.39, 0.29) is 0 Å². The molecule has 67 heavy (non-hydrogen) atoms. The molecule has 0 unspecified atom stereocenters. The van der Waals surface area contributed by atoms with E-state index in [0.717, 1.165) is 49.6 Å². The molecule has 310 valence electrons. The van der Waals surface area contributed by atoms with Gasteiger partial charge in [-0.3, -0.25) is 0 Å². The highest BCUT2D eigenvalue weighted by Crippen LogP contribution is 2.45. The van der Waals surface area contributed by atoms with Crippen molar-refractivity contribution in [3.05, 3.63) is 231 Å². The second kappa shape index (κ2) is 14.8. The average molecular weight is 851 g/mol. The lowest BCUT2D eigenvalue weighted by molar-refractivity contribution is 1.08. The Morgan fingerprint density at radius 1 is 0.239 bits per heavy atom. The maximum atomic E-state index is 5.49. The summed E-state index contributed by atoms with van der Waals surface area (Å²) in [6.07, 6.45) is 0. The van der Waals surface area contributed by atoms with Gasteiger partial charge in [-0.1, -0.05) is 200 Å². The van der Waals surface area contributed by atoms with Gasteiger partial charge >= 0.3 is 0 Å². The van der Waals surface area contributed by atoms with Gasteiger partial charge in [-0.2, -0.15) is 0 Å². The first-order valence-corrected chi connectivity index (χ1v) is 22.9. The first-order chi connectivity index (χ1) is 33.2. The second-order valence-electron chi connectivity index (χ2n) is 17.4. The Hall–Kier alpha value is -8.99. The topological polar surface area (TPSA) is 43.6 Å². The maximum absolute atomic E-state index is 5.49. The lowest BCUT2D eigenvalue weighted by Gasteiger charge is -2.19. The van der Waals surface area contributed by atoms with Crippen LogP contribution in [0.5, 0.6) is 0 Å². The minimum absolute atomic E-state index is 0.624. The molecule has 12 aromatic carbocycles. The normalized spacial score (nSPS) is 11.9. The molecule has 14 rings (SSSR count). The smallest absolute Gasteiger partial charge is 0.164 e. The van der Waals surface area contributed by atoms with Crippen LogP contribution in [0.15, 0.2) is 231 Å². The van der Waals surface area contributed by atoms with E-state index < -0.39 is 0 Å². The Bertz CT molecular complexity index is 4290. The molecule has 0 fully saturated rings. The van der Waals surface area contributed by atoms with Gasteiger partial charge in [0.1, 0.15) is 0 Å². The number of para-hydroxylation sites is 1. The molecule has 0 saturated carbocycles. The Balaban J connectivity index is 1.07. The van der Waals surface area contributed by atoms with Crippen LogP contribution in [0.4, 0.5) is 0 Å². The molecule has 2 aromatic heterocycles. The first kappa shape index (κ1) is 37.4. The van der Waals surface area contributed by atoms with Crippen molar-refractivity contribution in [3.8, 4) is 51.0 Å². The monoisotopic (exact) mass is 850 g/mol. The van der Waals surface area contributed by atoms with Crippen molar-refractivity contribution in [2.45, 2.75) is 0 Å². The van der Waals surface area contributed by atoms with Gasteiger partial charge in [-0.25, -0.2) is 15.0 Å². The van der Waals surface area contributed by atoms with Gasteiger partial charge in [0.15, 0.2) is 17.5 Å². The summed E-state index contributed by atoms with van der Waals surface area (Å²) in [5, 5.41) is 16.7. The van der Waals surface area contributed by atoms with Crippen molar-refractivity contribution in [2.24, 2.45) is 0 Å². The molecule has 0 amide bonds. The first-order valence-electron chi connectivity index (χ1n) is 22.9. The summed E-state index contributed by atoms with van der Waals surface area (Å²) in [4.78, 5) is 16.1. The predicted molar refractivity (Wildman–Crippen MR) is 281 cm³/mol. The molecular formula is C63H38N4. The van der Waals surface area contributed by atoms with Crippen LogP contribution in [0.3, 0.4) is 0 Å². The number of rotatable bonds is 5. The molecule has 0 aliphatic carbocycles. The van der Waals surface area contributed by atoms with Crippen LogP contribution in [-0.2, 0) is 0 Å². The summed E-state index contributed by atoms with van der Waals surface area (Å²) in [5.74, 6) is 1.88. The highest BCUT2D eigenvalue weighted by atomic mass is 15.0. The van der Waals surface area contributed by atoms with Crippen LogP contribution in [0.1, 0.15) is 0 Å². The van der Waals surface area contributed by atoms with Crippen LogP contribution in [-0.4, -0.2) is 19.5 Å². The summed E-state index contributed by atoms with van der Waals surface area (Å²) in [6, 6.07) is 82.9. The molecule has 2 heterocycles. The largest absolute Gasteiger partial charge is 0.309 e. The minimum Gasteiger partial charge on any atom is -0.309 e. The lowest BCUT2D eigenvalue weighted by atomic mass is 9.90. The van der Waals surface area contributed by atoms with E-state index >= 15 is 0 Å². The summed E-state index contributed by atoms with van der Waals surface area (Å²) in [5.41, 5.74) is 8.62. The number of hydrogen-bond donors (Lipinski definition) is 0. The summed E-state index contributed by atoms with van der Waals surface area (Å²) < 4.78 is 2.46. The molecular weight excluding hydrogens is 813 g/mol. The van der Waals surface area contributed by atoms with Gasteiger partial charge in [-0.15, -0.1) is 0 Å². The highest BCUT2D eigenvalue weighted by molar-refractivity contribution is 6.31. The zero-order valence-electron chi connectivity index (χ0n) is 36.2. The zero-order valence-corrected chi connectivity index (χ0v) is 36.2. The van der Waals surface area contributed by atoms with Crippen molar-refractivity contribution < 1.29 is 0 Å². The van der Waals surface area contributed by atoms with Crippen LogP contribution >= 0.6 is 0 Å². The molecule has 0 spiro atoms. The van der Waals surface area contributed by atoms with Gasteiger partial charge in [0.05, 0.1) is 16.7 Å². The molecule has 4 heteroatoms. The second-order valence-corrected chi connectivity index (χ2v) is 17.4. The zero-order chi connectivity index (χ0) is 44.0. The van der Waals surface area contributed by atoms with Gasteiger partial charge in [0.2, 0.25) is 0 Å². The molecule has 0 aliphatic rings. The predicted octanol–water partition coefficient (Wildman–Crippen LogP) is 16.6. The van der Waals surface area contributed by atoms with E-state index in [1.807, 2.05) is 18.2 Å². The standard InChI is InChI=1S/C63H38N4/c1-3-17-39(18-4-1)41-34-36-57-55(37-41)50-27-13-14-31-56(50)67(57)58-32-16-29-52-47-25-11-10-24-46(47)51-28-15-30-53(59(51)60(52)58)63-65-61(40-19-5-2-6-20-40)64-62(66-63)42-33-35-49-45-23-8-7-21-43(45)44-22-9-12-26-48(44)54(49)38-42/h1-38H. The number of nitrogens with zero attached hydrogens (tertiary/aromatic N) is 4. The van der Waals surface area contributed by atoms with E-state index in [2.05, 4.69) is 217 Å². The third-order valence-corrected chi connectivity index (χ3v) is 13.8. The number of fused-ring (bicyclic) bond motifs is 15. The molecule has 4 nitrogen and oxygen atoms in total. The summed E-state index contributed by atoms with van der Waals surface area (Å²) in [6.45, 7) is 0. The number of benzene rings is 12. The molecule has 0 N–H and O–H groups in total. The molecule has 0 bridgehead atoms. The fourth-order valence-corrected chi connectivity index (χ4v) is 10.8. The Morgan fingerprint density at radius 2 is 0.687 bits per heavy atom.